The molecule has 3 N–H and O–H groups in total. The van der Waals surface area contributed by atoms with Gasteiger partial charge in [0, 0.05) is 23.3 Å². The quantitative estimate of drug-likeness (QED) is 0.745. The highest BCUT2D eigenvalue weighted by Crippen LogP contribution is 2.21. The lowest BCUT2D eigenvalue weighted by Gasteiger charge is -2.30. The van der Waals surface area contributed by atoms with Gasteiger partial charge in [0.2, 0.25) is 0 Å². The molecule has 8 heteroatoms. The molecule has 2 unspecified atom stereocenters. The fourth-order valence-corrected chi connectivity index (χ4v) is 4.88. The Hall–Kier alpha value is -1.90. The van der Waals surface area contributed by atoms with Gasteiger partial charge in [-0.05, 0) is 56.0 Å². The zero-order chi connectivity index (χ0) is 17.9. The van der Waals surface area contributed by atoms with Crippen LogP contribution < -0.4 is 15.4 Å². The number of hydrogen-bond donors (Lipinski definition) is 3. The van der Waals surface area contributed by atoms with E-state index in [9.17, 15) is 13.2 Å². The first-order chi connectivity index (χ1) is 12.0. The Morgan fingerprint density at radius 1 is 1.28 bits per heavy atom. The molecule has 6 nitrogen and oxygen atoms in total. The van der Waals surface area contributed by atoms with Crippen molar-refractivity contribution in [3.63, 3.8) is 0 Å². The van der Waals surface area contributed by atoms with Gasteiger partial charge in [-0.25, -0.2) is 8.42 Å². The Morgan fingerprint density at radius 3 is 2.84 bits per heavy atom. The minimum absolute atomic E-state index is 0.0766. The van der Waals surface area contributed by atoms with E-state index < -0.39 is 10.0 Å². The molecule has 0 saturated carbocycles. The number of thiophene rings is 1. The number of benzene rings is 1. The van der Waals surface area contributed by atoms with Crippen LogP contribution in [0.4, 0.5) is 5.69 Å². The van der Waals surface area contributed by atoms with Crippen molar-refractivity contribution < 1.29 is 13.2 Å². The minimum atomic E-state index is -3.62. The molecular weight excluding hydrogens is 358 g/mol. The van der Waals surface area contributed by atoms with E-state index in [0.29, 0.717) is 11.3 Å². The van der Waals surface area contributed by atoms with Gasteiger partial charge in [-0.2, -0.15) is 0 Å². The zero-order valence-corrected chi connectivity index (χ0v) is 15.5. The normalized spacial score (nSPS) is 20.8. The Bertz CT molecular complexity index is 835. The lowest BCUT2D eigenvalue weighted by Crippen LogP contribution is -2.51. The van der Waals surface area contributed by atoms with Gasteiger partial charge in [0.25, 0.3) is 15.9 Å². The molecule has 0 bridgehead atoms. The number of rotatable bonds is 5. The van der Waals surface area contributed by atoms with Crippen molar-refractivity contribution in [2.24, 2.45) is 0 Å². The molecule has 2 aromatic rings. The molecule has 25 heavy (non-hydrogen) atoms. The van der Waals surface area contributed by atoms with Gasteiger partial charge in [-0.15, -0.1) is 11.3 Å². The number of hydrogen-bond acceptors (Lipinski definition) is 5. The Morgan fingerprint density at radius 2 is 2.12 bits per heavy atom. The van der Waals surface area contributed by atoms with Gasteiger partial charge in [-0.3, -0.25) is 9.52 Å². The highest BCUT2D eigenvalue weighted by Gasteiger charge is 2.23. The second kappa shape index (κ2) is 7.55. The van der Waals surface area contributed by atoms with Crippen LogP contribution in [0.15, 0.2) is 46.0 Å². The summed E-state index contributed by atoms with van der Waals surface area (Å²) in [5.41, 5.74) is 0.806. The van der Waals surface area contributed by atoms with Crippen molar-refractivity contribution in [2.75, 3.05) is 11.3 Å². The van der Waals surface area contributed by atoms with Gasteiger partial charge in [0.15, 0.2) is 0 Å². The van der Waals surface area contributed by atoms with E-state index in [0.717, 1.165) is 30.7 Å². The van der Waals surface area contributed by atoms with Crippen molar-refractivity contribution in [1.29, 1.82) is 0 Å². The van der Waals surface area contributed by atoms with Gasteiger partial charge in [-0.1, -0.05) is 12.1 Å². The fourth-order valence-electron chi connectivity index (χ4n) is 2.84. The van der Waals surface area contributed by atoms with E-state index in [1.807, 2.05) is 0 Å². The van der Waals surface area contributed by atoms with Crippen LogP contribution in [0.25, 0.3) is 0 Å². The van der Waals surface area contributed by atoms with E-state index in [1.165, 1.54) is 0 Å². The second-order valence-corrected chi connectivity index (χ2v) is 8.94. The predicted octanol–water partition coefficient (Wildman–Crippen LogP) is 2.42. The molecule has 2 heterocycles. The monoisotopic (exact) mass is 379 g/mol. The van der Waals surface area contributed by atoms with Gasteiger partial charge in [0.05, 0.1) is 0 Å². The number of nitrogens with one attached hydrogen (secondary N) is 3. The molecule has 1 aliphatic heterocycles. The summed E-state index contributed by atoms with van der Waals surface area (Å²) in [4.78, 5) is 12.5. The standard InChI is InChI=1S/C17H21N3O3S2/c1-12-15(7-3-9-18-12)19-17(21)13-5-2-6-14(11-13)20-25(22,23)16-8-4-10-24-16/h2,4-6,8,10-12,15,18,20H,3,7,9H2,1H3,(H,19,21). The van der Waals surface area contributed by atoms with Crippen molar-refractivity contribution in [3.05, 3.63) is 47.3 Å². The number of amides is 1. The molecule has 0 aliphatic carbocycles. The summed E-state index contributed by atoms with van der Waals surface area (Å²) in [5, 5.41) is 8.07. The van der Waals surface area contributed by atoms with Crippen LogP contribution >= 0.6 is 11.3 Å². The number of piperidine rings is 1. The highest BCUT2D eigenvalue weighted by molar-refractivity contribution is 7.94. The summed E-state index contributed by atoms with van der Waals surface area (Å²) in [6, 6.07) is 10.1. The molecule has 0 spiro atoms. The third-order valence-corrected chi connectivity index (χ3v) is 6.99. The molecule has 2 atom stereocenters. The second-order valence-electron chi connectivity index (χ2n) is 6.08. The van der Waals surface area contributed by atoms with E-state index in [-0.39, 0.29) is 22.2 Å². The van der Waals surface area contributed by atoms with Crippen LogP contribution in [0.1, 0.15) is 30.1 Å². The van der Waals surface area contributed by atoms with Crippen LogP contribution in [0.3, 0.4) is 0 Å². The average molecular weight is 380 g/mol. The minimum Gasteiger partial charge on any atom is -0.348 e. The maximum Gasteiger partial charge on any atom is 0.271 e. The molecule has 134 valence electrons. The van der Waals surface area contributed by atoms with Gasteiger partial charge >= 0.3 is 0 Å². The molecule has 1 aromatic heterocycles. The van der Waals surface area contributed by atoms with E-state index in [1.54, 1.807) is 41.8 Å². The summed E-state index contributed by atoms with van der Waals surface area (Å²) in [6.45, 7) is 3.02. The van der Waals surface area contributed by atoms with E-state index in [2.05, 4.69) is 22.3 Å². The number of anilines is 1. The lowest BCUT2D eigenvalue weighted by atomic mass is 9.99. The molecule has 1 aliphatic rings. The van der Waals surface area contributed by atoms with E-state index >= 15 is 0 Å². The number of carbonyl (C=O) groups excluding carboxylic acids is 1. The van der Waals surface area contributed by atoms with Crippen molar-refractivity contribution >= 4 is 33.0 Å². The van der Waals surface area contributed by atoms with E-state index in [4.69, 9.17) is 0 Å². The SMILES string of the molecule is CC1NCCCC1NC(=O)c1cccc(NS(=O)(=O)c2cccs2)c1. The maximum absolute atomic E-state index is 12.5. The third kappa shape index (κ3) is 4.39. The molecule has 3 rings (SSSR count). The van der Waals surface area contributed by atoms with Gasteiger partial charge in [0.1, 0.15) is 4.21 Å². The van der Waals surface area contributed by atoms with Crippen molar-refractivity contribution in [1.82, 2.24) is 10.6 Å². The molecule has 1 saturated heterocycles. The first-order valence-corrected chi connectivity index (χ1v) is 10.5. The molecule has 1 amide bonds. The summed E-state index contributed by atoms with van der Waals surface area (Å²) in [6.07, 6.45) is 1.96. The third-order valence-electron chi connectivity index (χ3n) is 4.22. The Labute approximate surface area is 151 Å². The topological polar surface area (TPSA) is 87.3 Å². The van der Waals surface area contributed by atoms with Crippen LogP contribution in [-0.4, -0.2) is 33.0 Å². The van der Waals surface area contributed by atoms with Crippen LogP contribution in [0.2, 0.25) is 0 Å². The number of sulfonamides is 1. The number of carbonyl (C=O) groups is 1. The van der Waals surface area contributed by atoms with Crippen molar-refractivity contribution in [2.45, 2.75) is 36.1 Å². The average Bonchev–Trinajstić information content (AvgIpc) is 3.12. The maximum atomic E-state index is 12.5. The first-order valence-electron chi connectivity index (χ1n) is 8.16. The van der Waals surface area contributed by atoms with Crippen LogP contribution in [-0.2, 0) is 10.0 Å². The smallest absolute Gasteiger partial charge is 0.271 e. The molecular formula is C17H21N3O3S2. The predicted molar refractivity (Wildman–Crippen MR) is 99.5 cm³/mol. The largest absolute Gasteiger partial charge is 0.348 e. The molecule has 1 fully saturated rings. The van der Waals surface area contributed by atoms with Crippen molar-refractivity contribution in [3.8, 4) is 0 Å². The summed E-state index contributed by atoms with van der Waals surface area (Å²) in [7, 11) is -3.62. The Balaban J connectivity index is 1.72. The first kappa shape index (κ1) is 17.9. The summed E-state index contributed by atoms with van der Waals surface area (Å²) < 4.78 is 27.3. The summed E-state index contributed by atoms with van der Waals surface area (Å²) >= 11 is 1.15. The van der Waals surface area contributed by atoms with Crippen LogP contribution in [0.5, 0.6) is 0 Å². The summed E-state index contributed by atoms with van der Waals surface area (Å²) in [5.74, 6) is -0.197. The molecule has 0 radical (unpaired) electrons. The van der Waals surface area contributed by atoms with Gasteiger partial charge < -0.3 is 10.6 Å². The van der Waals surface area contributed by atoms with Crippen LogP contribution in [0, 0.1) is 0 Å². The lowest BCUT2D eigenvalue weighted by molar-refractivity contribution is 0.0920. The fraction of sp³-hybridized carbons (Fsp3) is 0.353. The zero-order valence-electron chi connectivity index (χ0n) is 13.9. The highest BCUT2D eigenvalue weighted by atomic mass is 32.2. The molecule has 1 aromatic carbocycles. The Kier molecular flexibility index (Phi) is 5.41.